The van der Waals surface area contributed by atoms with Gasteiger partial charge in [0.25, 0.3) is 0 Å². The quantitative estimate of drug-likeness (QED) is 0.466. The summed E-state index contributed by atoms with van der Waals surface area (Å²) in [6.45, 7) is 9.11. The van der Waals surface area contributed by atoms with Gasteiger partial charge >= 0.3 is 6.09 Å². The summed E-state index contributed by atoms with van der Waals surface area (Å²) in [7, 11) is 0. The number of amides is 1. The highest BCUT2D eigenvalue weighted by Crippen LogP contribution is 2.24. The highest BCUT2D eigenvalue weighted by molar-refractivity contribution is 5.84. The summed E-state index contributed by atoms with van der Waals surface area (Å²) >= 11 is 0. The molecule has 0 fully saturated rings. The van der Waals surface area contributed by atoms with Crippen LogP contribution in [0, 0.1) is 0 Å². The molecule has 0 atom stereocenters. The van der Waals surface area contributed by atoms with Gasteiger partial charge in [-0.25, -0.2) is 4.79 Å². The van der Waals surface area contributed by atoms with E-state index in [1.165, 1.54) is 32.1 Å². The molecule has 2 N–H and O–H groups in total. The number of benzene rings is 1. The van der Waals surface area contributed by atoms with Crippen LogP contribution in [-0.4, -0.2) is 29.8 Å². The number of carbonyl (C=O) groups excluding carboxylic acids is 1. The van der Waals surface area contributed by atoms with Gasteiger partial charge in [0, 0.05) is 23.6 Å². The number of ether oxygens (including phenoxy) is 2. The Morgan fingerprint density at radius 2 is 1.86 bits per heavy atom. The van der Waals surface area contributed by atoms with Gasteiger partial charge in [0.2, 0.25) is 0 Å². The number of aromatic nitrogens is 1. The Hall–Kier alpha value is -2.17. The molecule has 2 aromatic rings. The first-order valence-electron chi connectivity index (χ1n) is 10.6. The number of alkyl carbamates (subject to hydrolysis) is 1. The van der Waals surface area contributed by atoms with Crippen LogP contribution in [0.2, 0.25) is 0 Å². The van der Waals surface area contributed by atoms with E-state index in [1.807, 2.05) is 33.0 Å². The lowest BCUT2D eigenvalue weighted by Gasteiger charge is -2.19. The third kappa shape index (κ3) is 7.83. The summed E-state index contributed by atoms with van der Waals surface area (Å²) in [5.74, 6) is 0.905. The molecule has 5 heteroatoms. The molecule has 0 saturated heterocycles. The van der Waals surface area contributed by atoms with Crippen LogP contribution in [0.15, 0.2) is 24.4 Å². The molecule has 0 spiro atoms. The molecule has 0 aliphatic carbocycles. The summed E-state index contributed by atoms with van der Waals surface area (Å²) in [5, 5.41) is 3.96. The van der Waals surface area contributed by atoms with Crippen molar-refractivity contribution in [3.05, 3.63) is 30.0 Å². The first-order valence-corrected chi connectivity index (χ1v) is 10.6. The van der Waals surface area contributed by atoms with Crippen LogP contribution in [0.1, 0.15) is 71.8 Å². The molecule has 156 valence electrons. The first kappa shape index (κ1) is 22.1. The Balaban J connectivity index is 1.80. The number of carbonyl (C=O) groups is 1. The second kappa shape index (κ2) is 11.0. The van der Waals surface area contributed by atoms with Crippen molar-refractivity contribution in [3.63, 3.8) is 0 Å². The molecule has 0 unspecified atom stereocenters. The predicted octanol–water partition coefficient (Wildman–Crippen LogP) is 5.97. The van der Waals surface area contributed by atoms with Crippen molar-refractivity contribution in [3.8, 4) is 5.75 Å². The second-order valence-electron chi connectivity index (χ2n) is 8.32. The molecule has 0 aliphatic heterocycles. The second-order valence-corrected chi connectivity index (χ2v) is 8.32. The summed E-state index contributed by atoms with van der Waals surface area (Å²) in [6.07, 6.45) is 9.92. The van der Waals surface area contributed by atoms with E-state index in [0.717, 1.165) is 41.7 Å². The molecule has 0 bridgehead atoms. The van der Waals surface area contributed by atoms with E-state index in [-0.39, 0.29) is 6.09 Å². The molecule has 1 aromatic heterocycles. The van der Waals surface area contributed by atoms with Gasteiger partial charge in [-0.2, -0.15) is 0 Å². The standard InChI is InChI=1S/C23H36N2O3/c1-5-6-7-8-9-10-15-27-19-11-12-21-20(16-19)18(17-25-21)13-14-24-22(26)28-23(2,3)4/h11-12,16-17,25H,5-10,13-15H2,1-4H3,(H,24,26). The van der Waals surface area contributed by atoms with Crippen LogP contribution in [0.5, 0.6) is 5.75 Å². The van der Waals surface area contributed by atoms with E-state index >= 15 is 0 Å². The number of nitrogens with one attached hydrogen (secondary N) is 2. The number of H-pyrrole nitrogens is 1. The average Bonchev–Trinajstić information content (AvgIpc) is 3.02. The minimum atomic E-state index is -0.479. The van der Waals surface area contributed by atoms with Gasteiger partial charge in [-0.3, -0.25) is 0 Å². The van der Waals surface area contributed by atoms with Crippen LogP contribution in [0.3, 0.4) is 0 Å². The smallest absolute Gasteiger partial charge is 0.407 e. The third-order valence-corrected chi connectivity index (χ3v) is 4.57. The molecule has 0 radical (unpaired) electrons. The number of rotatable bonds is 11. The zero-order chi connectivity index (χ0) is 20.4. The largest absolute Gasteiger partial charge is 0.494 e. The average molecular weight is 389 g/mol. The minimum absolute atomic E-state index is 0.379. The lowest BCUT2D eigenvalue weighted by atomic mass is 10.1. The Bertz CT molecular complexity index is 731. The van der Waals surface area contributed by atoms with E-state index in [4.69, 9.17) is 9.47 Å². The number of aromatic amines is 1. The first-order chi connectivity index (χ1) is 13.4. The highest BCUT2D eigenvalue weighted by atomic mass is 16.6. The van der Waals surface area contributed by atoms with Crippen LogP contribution < -0.4 is 10.1 Å². The molecular formula is C23H36N2O3. The molecule has 28 heavy (non-hydrogen) atoms. The van der Waals surface area contributed by atoms with Crippen molar-refractivity contribution >= 4 is 17.0 Å². The third-order valence-electron chi connectivity index (χ3n) is 4.57. The fourth-order valence-corrected chi connectivity index (χ4v) is 3.14. The van der Waals surface area contributed by atoms with E-state index in [1.54, 1.807) is 0 Å². The SMILES string of the molecule is CCCCCCCCOc1ccc2[nH]cc(CCNC(=O)OC(C)(C)C)c2c1. The molecule has 0 aliphatic rings. The summed E-state index contributed by atoms with van der Waals surface area (Å²) in [6, 6.07) is 6.15. The molecule has 1 amide bonds. The molecule has 1 aromatic carbocycles. The zero-order valence-electron chi connectivity index (χ0n) is 17.9. The van der Waals surface area contributed by atoms with E-state index in [2.05, 4.69) is 29.4 Å². The number of fused-ring (bicyclic) bond motifs is 1. The fourth-order valence-electron chi connectivity index (χ4n) is 3.14. The lowest BCUT2D eigenvalue weighted by Crippen LogP contribution is -2.33. The summed E-state index contributed by atoms with van der Waals surface area (Å²) in [4.78, 5) is 15.1. The van der Waals surface area contributed by atoms with E-state index < -0.39 is 5.60 Å². The van der Waals surface area contributed by atoms with Crippen molar-refractivity contribution in [1.29, 1.82) is 0 Å². The van der Waals surface area contributed by atoms with Gasteiger partial charge in [0.05, 0.1) is 6.61 Å². The van der Waals surface area contributed by atoms with Gasteiger partial charge < -0.3 is 19.8 Å². The normalized spacial score (nSPS) is 11.6. The molecule has 2 rings (SSSR count). The van der Waals surface area contributed by atoms with Gasteiger partial charge in [0.15, 0.2) is 0 Å². The van der Waals surface area contributed by atoms with E-state index in [0.29, 0.717) is 6.54 Å². The number of hydrogen-bond donors (Lipinski definition) is 2. The summed E-state index contributed by atoms with van der Waals surface area (Å²) < 4.78 is 11.2. The zero-order valence-corrected chi connectivity index (χ0v) is 17.9. The van der Waals surface area contributed by atoms with Gasteiger partial charge in [-0.1, -0.05) is 39.0 Å². The Morgan fingerprint density at radius 1 is 1.11 bits per heavy atom. The van der Waals surface area contributed by atoms with Crippen molar-refractivity contribution in [2.24, 2.45) is 0 Å². The van der Waals surface area contributed by atoms with Crippen molar-refractivity contribution in [2.45, 2.75) is 78.2 Å². The van der Waals surface area contributed by atoms with Crippen molar-refractivity contribution < 1.29 is 14.3 Å². The van der Waals surface area contributed by atoms with Crippen LogP contribution >= 0.6 is 0 Å². The maximum atomic E-state index is 11.8. The molecule has 5 nitrogen and oxygen atoms in total. The van der Waals surface area contributed by atoms with E-state index in [9.17, 15) is 4.79 Å². The predicted molar refractivity (Wildman–Crippen MR) is 115 cm³/mol. The maximum Gasteiger partial charge on any atom is 0.407 e. The molecule has 0 saturated carbocycles. The van der Waals surface area contributed by atoms with Crippen LogP contribution in [-0.2, 0) is 11.2 Å². The van der Waals surface area contributed by atoms with Crippen LogP contribution in [0.25, 0.3) is 10.9 Å². The lowest BCUT2D eigenvalue weighted by molar-refractivity contribution is 0.0528. The Morgan fingerprint density at radius 3 is 2.61 bits per heavy atom. The minimum Gasteiger partial charge on any atom is -0.494 e. The topological polar surface area (TPSA) is 63.3 Å². The maximum absolute atomic E-state index is 11.8. The number of hydrogen-bond acceptors (Lipinski definition) is 3. The number of unbranched alkanes of at least 4 members (excludes halogenated alkanes) is 5. The fraction of sp³-hybridized carbons (Fsp3) is 0.609. The van der Waals surface area contributed by atoms with Crippen molar-refractivity contribution in [2.75, 3.05) is 13.2 Å². The Kier molecular flexibility index (Phi) is 8.68. The van der Waals surface area contributed by atoms with Crippen LogP contribution in [0.4, 0.5) is 4.79 Å². The molecule has 1 heterocycles. The Labute approximate surface area is 169 Å². The summed E-state index contributed by atoms with van der Waals surface area (Å²) in [5.41, 5.74) is 1.77. The highest BCUT2D eigenvalue weighted by Gasteiger charge is 2.15. The van der Waals surface area contributed by atoms with Gasteiger partial charge in [-0.15, -0.1) is 0 Å². The van der Waals surface area contributed by atoms with Gasteiger partial charge in [-0.05, 0) is 57.4 Å². The molecular weight excluding hydrogens is 352 g/mol. The van der Waals surface area contributed by atoms with Gasteiger partial charge in [0.1, 0.15) is 11.4 Å². The van der Waals surface area contributed by atoms with Crippen molar-refractivity contribution in [1.82, 2.24) is 10.3 Å². The monoisotopic (exact) mass is 388 g/mol.